The SMILES string of the molecule is COc1cc(C(C)(C#N)CCC(O)C(CC2COc3ccccc3O2)[N+](=O)[O-])cc(OC)c1OC. The first-order valence-electron chi connectivity index (χ1n) is 11.2. The van der Waals surface area contributed by atoms with Crippen molar-refractivity contribution in [3.05, 3.63) is 52.1 Å². The van der Waals surface area contributed by atoms with Crippen LogP contribution in [0.1, 0.15) is 31.7 Å². The normalized spacial score (nSPS) is 17.9. The molecule has 4 atom stereocenters. The Kier molecular flexibility index (Phi) is 8.25. The highest BCUT2D eigenvalue weighted by molar-refractivity contribution is 5.56. The zero-order valence-corrected chi connectivity index (χ0v) is 20.2. The molecule has 188 valence electrons. The molecule has 0 bridgehead atoms. The van der Waals surface area contributed by atoms with Crippen LogP contribution in [-0.4, -0.2) is 56.2 Å². The summed E-state index contributed by atoms with van der Waals surface area (Å²) >= 11 is 0. The number of aliphatic hydroxyl groups excluding tert-OH is 1. The van der Waals surface area contributed by atoms with Crippen LogP contribution in [0.5, 0.6) is 28.7 Å². The fraction of sp³-hybridized carbons (Fsp3) is 0.480. The minimum absolute atomic E-state index is 0.0243. The number of aliphatic hydroxyl groups is 1. The molecule has 0 amide bonds. The molecule has 35 heavy (non-hydrogen) atoms. The van der Waals surface area contributed by atoms with Crippen LogP contribution in [0.25, 0.3) is 0 Å². The maximum Gasteiger partial charge on any atom is 0.242 e. The van der Waals surface area contributed by atoms with Crippen molar-refractivity contribution in [3.63, 3.8) is 0 Å². The van der Waals surface area contributed by atoms with Crippen molar-refractivity contribution in [1.29, 1.82) is 5.26 Å². The molecule has 2 aromatic carbocycles. The van der Waals surface area contributed by atoms with Gasteiger partial charge in [0.15, 0.2) is 23.0 Å². The van der Waals surface area contributed by atoms with Crippen LogP contribution in [0.2, 0.25) is 0 Å². The van der Waals surface area contributed by atoms with Gasteiger partial charge in [0.05, 0.1) is 39.2 Å². The molecular weight excluding hydrogens is 456 g/mol. The Morgan fingerprint density at radius 3 is 2.37 bits per heavy atom. The van der Waals surface area contributed by atoms with Gasteiger partial charge in [0.1, 0.15) is 18.8 Å². The number of benzene rings is 2. The maximum absolute atomic E-state index is 11.8. The lowest BCUT2D eigenvalue weighted by molar-refractivity contribution is -0.537. The highest BCUT2D eigenvalue weighted by Gasteiger charge is 2.38. The van der Waals surface area contributed by atoms with Crippen LogP contribution in [-0.2, 0) is 5.41 Å². The van der Waals surface area contributed by atoms with E-state index in [2.05, 4.69) is 6.07 Å². The van der Waals surface area contributed by atoms with E-state index >= 15 is 0 Å². The highest BCUT2D eigenvalue weighted by atomic mass is 16.6. The van der Waals surface area contributed by atoms with E-state index in [9.17, 15) is 20.5 Å². The Balaban J connectivity index is 1.73. The van der Waals surface area contributed by atoms with E-state index < -0.39 is 28.6 Å². The third kappa shape index (κ3) is 5.69. The molecular formula is C25H30N2O8. The zero-order chi connectivity index (χ0) is 25.6. The van der Waals surface area contributed by atoms with Gasteiger partial charge in [-0.3, -0.25) is 10.1 Å². The number of fused-ring (bicyclic) bond motifs is 1. The van der Waals surface area contributed by atoms with Crippen molar-refractivity contribution in [2.45, 2.75) is 49.9 Å². The Labute approximate surface area is 204 Å². The summed E-state index contributed by atoms with van der Waals surface area (Å²) < 4.78 is 27.6. The molecule has 3 rings (SSSR count). The van der Waals surface area contributed by atoms with Crippen LogP contribution < -0.4 is 23.7 Å². The Morgan fingerprint density at radius 1 is 1.20 bits per heavy atom. The van der Waals surface area contributed by atoms with E-state index in [0.717, 1.165) is 0 Å². The number of ether oxygens (including phenoxy) is 5. The van der Waals surface area contributed by atoms with Gasteiger partial charge in [-0.2, -0.15) is 5.26 Å². The topological polar surface area (TPSA) is 133 Å². The molecule has 0 aliphatic carbocycles. The number of nitrogens with zero attached hydrogens (tertiary/aromatic N) is 2. The molecule has 0 saturated carbocycles. The summed E-state index contributed by atoms with van der Waals surface area (Å²) in [5.74, 6) is 2.27. The molecule has 0 fully saturated rings. The lowest BCUT2D eigenvalue weighted by Gasteiger charge is -2.29. The van der Waals surface area contributed by atoms with E-state index in [0.29, 0.717) is 34.3 Å². The Bertz CT molecular complexity index is 1060. The minimum atomic E-state index is -1.29. The summed E-state index contributed by atoms with van der Waals surface area (Å²) in [6.45, 7) is 1.85. The molecule has 0 radical (unpaired) electrons. The van der Waals surface area contributed by atoms with Gasteiger partial charge < -0.3 is 28.8 Å². The lowest BCUT2D eigenvalue weighted by atomic mass is 9.78. The summed E-state index contributed by atoms with van der Waals surface area (Å²) in [7, 11) is 4.44. The number of hydrogen-bond acceptors (Lipinski definition) is 9. The van der Waals surface area contributed by atoms with Gasteiger partial charge in [-0.15, -0.1) is 0 Å². The van der Waals surface area contributed by atoms with Crippen molar-refractivity contribution < 1.29 is 33.7 Å². The molecule has 10 heteroatoms. The minimum Gasteiger partial charge on any atom is -0.493 e. The second-order valence-corrected chi connectivity index (χ2v) is 8.55. The average molecular weight is 487 g/mol. The molecule has 4 unspecified atom stereocenters. The molecule has 1 heterocycles. The monoisotopic (exact) mass is 486 g/mol. The van der Waals surface area contributed by atoms with Crippen molar-refractivity contribution in [2.24, 2.45) is 0 Å². The fourth-order valence-electron chi connectivity index (χ4n) is 4.13. The molecule has 0 aromatic heterocycles. The fourth-order valence-corrected chi connectivity index (χ4v) is 4.13. The van der Waals surface area contributed by atoms with Gasteiger partial charge in [-0.25, -0.2) is 0 Å². The maximum atomic E-state index is 11.8. The van der Waals surface area contributed by atoms with E-state index in [1.54, 1.807) is 37.3 Å². The number of nitriles is 1. The van der Waals surface area contributed by atoms with Crippen molar-refractivity contribution in [1.82, 2.24) is 0 Å². The molecule has 0 saturated heterocycles. The van der Waals surface area contributed by atoms with Crippen molar-refractivity contribution >= 4 is 0 Å². The number of nitro groups is 1. The summed E-state index contributed by atoms with van der Waals surface area (Å²) in [5.41, 5.74) is -0.488. The van der Waals surface area contributed by atoms with Crippen molar-refractivity contribution in [3.8, 4) is 34.8 Å². The molecule has 2 aromatic rings. The summed E-state index contributed by atoms with van der Waals surface area (Å²) in [5, 5.41) is 32.6. The molecule has 1 aliphatic heterocycles. The van der Waals surface area contributed by atoms with Crippen LogP contribution in [0.3, 0.4) is 0 Å². The number of methoxy groups -OCH3 is 3. The van der Waals surface area contributed by atoms with E-state index in [1.165, 1.54) is 21.3 Å². The van der Waals surface area contributed by atoms with Crippen molar-refractivity contribution in [2.75, 3.05) is 27.9 Å². The smallest absolute Gasteiger partial charge is 0.242 e. The number of rotatable bonds is 11. The van der Waals surface area contributed by atoms with Gasteiger partial charge in [0, 0.05) is 4.92 Å². The highest BCUT2D eigenvalue weighted by Crippen LogP contribution is 2.43. The molecule has 1 N–H and O–H groups in total. The van der Waals surface area contributed by atoms with Crippen LogP contribution in [0.15, 0.2) is 36.4 Å². The Hall–Kier alpha value is -3.71. The van der Waals surface area contributed by atoms with E-state index in [1.807, 2.05) is 6.07 Å². The predicted molar refractivity (Wildman–Crippen MR) is 126 cm³/mol. The van der Waals surface area contributed by atoms with Gasteiger partial charge in [-0.1, -0.05) is 12.1 Å². The largest absolute Gasteiger partial charge is 0.493 e. The number of hydrogen-bond donors (Lipinski definition) is 1. The average Bonchev–Trinajstić information content (AvgIpc) is 2.88. The quantitative estimate of drug-likeness (QED) is 0.374. The first kappa shape index (κ1) is 25.9. The Morgan fingerprint density at radius 2 is 1.83 bits per heavy atom. The third-order valence-corrected chi connectivity index (χ3v) is 6.28. The lowest BCUT2D eigenvalue weighted by Crippen LogP contribution is -2.41. The zero-order valence-electron chi connectivity index (χ0n) is 20.2. The summed E-state index contributed by atoms with van der Waals surface area (Å²) in [4.78, 5) is 11.3. The van der Waals surface area contributed by atoms with Gasteiger partial charge in [0.2, 0.25) is 11.8 Å². The van der Waals surface area contributed by atoms with Gasteiger partial charge in [0.25, 0.3) is 0 Å². The second kappa shape index (κ2) is 11.1. The van der Waals surface area contributed by atoms with Gasteiger partial charge >= 0.3 is 0 Å². The summed E-state index contributed by atoms with van der Waals surface area (Å²) in [6, 6.07) is 11.4. The molecule has 1 aliphatic rings. The predicted octanol–water partition coefficient (Wildman–Crippen LogP) is 3.51. The molecule has 10 nitrogen and oxygen atoms in total. The van der Waals surface area contributed by atoms with E-state index in [4.69, 9.17) is 23.7 Å². The van der Waals surface area contributed by atoms with Gasteiger partial charge in [-0.05, 0) is 49.6 Å². The molecule has 0 spiro atoms. The standard InChI is InChI=1S/C25H30N2O8/c1-25(15-26,16-11-22(31-2)24(33-4)23(12-16)32-3)10-9-19(28)18(27(29)30)13-17-14-34-20-7-5-6-8-21(20)35-17/h5-8,11-12,17-19,28H,9-10,13-14H2,1-4H3. The van der Waals surface area contributed by atoms with Crippen LogP contribution >= 0.6 is 0 Å². The summed E-state index contributed by atoms with van der Waals surface area (Å²) in [6.07, 6.45) is -1.71. The van der Waals surface area contributed by atoms with Crippen LogP contribution in [0, 0.1) is 21.4 Å². The first-order valence-corrected chi connectivity index (χ1v) is 11.2. The number of para-hydroxylation sites is 2. The first-order chi connectivity index (χ1) is 16.8. The van der Waals surface area contributed by atoms with E-state index in [-0.39, 0.29) is 25.9 Å². The second-order valence-electron chi connectivity index (χ2n) is 8.55. The van der Waals surface area contributed by atoms with Crippen LogP contribution in [0.4, 0.5) is 0 Å². The third-order valence-electron chi connectivity index (χ3n) is 6.28.